The molecule has 11 heavy (non-hydrogen) atoms. The molecule has 0 spiro atoms. The number of fused-ring (bicyclic) bond motifs is 1. The summed E-state index contributed by atoms with van der Waals surface area (Å²) in [6, 6.07) is 2.10. The molecule has 0 bridgehead atoms. The molecule has 0 amide bonds. The van der Waals surface area contributed by atoms with Crippen molar-refractivity contribution in [2.24, 2.45) is 0 Å². The minimum Gasteiger partial charge on any atom is -0.143 e. The molecule has 1 aliphatic rings. The molecule has 0 atom stereocenters. The fourth-order valence-corrected chi connectivity index (χ4v) is 1.77. The molecule has 0 saturated heterocycles. The maximum atomic E-state index is 3.24. The third kappa shape index (κ3) is 1.21. The van der Waals surface area contributed by atoms with E-state index < -0.39 is 0 Å². The molecule has 0 radical (unpaired) electrons. The van der Waals surface area contributed by atoms with Crippen molar-refractivity contribution >= 4 is 23.1 Å². The van der Waals surface area contributed by atoms with Gasteiger partial charge in [-0.05, 0) is 36.1 Å². The highest BCUT2D eigenvalue weighted by atomic mass is 32.1. The van der Waals surface area contributed by atoms with Gasteiger partial charge in [0, 0.05) is 9.75 Å². The minimum absolute atomic E-state index is 1.21. The lowest BCUT2D eigenvalue weighted by Gasteiger charge is -1.79. The van der Waals surface area contributed by atoms with Crippen molar-refractivity contribution in [3.63, 3.8) is 0 Å². The molecule has 0 N–H and O–H groups in total. The molecule has 0 saturated carbocycles. The van der Waals surface area contributed by atoms with Crippen LogP contribution in [0.3, 0.4) is 0 Å². The molecule has 1 heterocycles. The quantitative estimate of drug-likeness (QED) is 0.538. The lowest BCUT2D eigenvalue weighted by Crippen LogP contribution is -2.14. The highest BCUT2D eigenvalue weighted by Crippen LogP contribution is 1.95. The average Bonchev–Trinajstić information content (AvgIpc) is 2.38. The summed E-state index contributed by atoms with van der Waals surface area (Å²) in [6.07, 6.45) is 6.29. The van der Waals surface area contributed by atoms with E-state index in [4.69, 9.17) is 0 Å². The van der Waals surface area contributed by atoms with Crippen molar-refractivity contribution in [1.29, 1.82) is 0 Å². The summed E-state index contributed by atoms with van der Waals surface area (Å²) >= 11 is 1.76. The first-order valence-electron chi connectivity index (χ1n) is 3.55. The van der Waals surface area contributed by atoms with E-state index in [9.17, 15) is 0 Å². The molecule has 0 unspecified atom stereocenters. The lowest BCUT2D eigenvalue weighted by molar-refractivity contribution is 1.56. The largest absolute Gasteiger partial charge is 0.143 e. The van der Waals surface area contributed by atoms with E-state index in [2.05, 4.69) is 36.3 Å². The van der Waals surface area contributed by atoms with Gasteiger partial charge in [-0.3, -0.25) is 0 Å². The molecule has 54 valence electrons. The molecule has 1 aromatic rings. The highest BCUT2D eigenvalue weighted by molar-refractivity contribution is 7.07. The van der Waals surface area contributed by atoms with Gasteiger partial charge in [-0.25, -0.2) is 0 Å². The molecule has 2 rings (SSSR count). The Bertz CT molecular complexity index is 439. The number of allylic oxidation sites excluding steroid dienone is 3. The predicted molar refractivity (Wildman–Crippen MR) is 49.8 cm³/mol. The van der Waals surface area contributed by atoms with E-state index in [1.165, 1.54) is 15.3 Å². The van der Waals surface area contributed by atoms with Crippen LogP contribution in [-0.4, -0.2) is 0 Å². The number of thiophene rings is 1. The Morgan fingerprint density at radius 3 is 3.18 bits per heavy atom. The lowest BCUT2D eigenvalue weighted by atomic mass is 10.3. The third-order valence-electron chi connectivity index (χ3n) is 1.65. The average molecular weight is 160 g/mol. The van der Waals surface area contributed by atoms with Gasteiger partial charge in [-0.1, -0.05) is 6.08 Å². The molecule has 0 aliphatic heterocycles. The van der Waals surface area contributed by atoms with Gasteiger partial charge in [0.15, 0.2) is 0 Å². The molecule has 0 nitrogen and oxygen atoms in total. The molecule has 1 aliphatic carbocycles. The van der Waals surface area contributed by atoms with E-state index in [1.54, 1.807) is 11.3 Å². The van der Waals surface area contributed by atoms with Crippen LogP contribution in [0.1, 0.15) is 6.92 Å². The molecule has 1 aromatic heterocycles. The van der Waals surface area contributed by atoms with Crippen LogP contribution in [0.5, 0.6) is 0 Å². The maximum Gasteiger partial charge on any atom is 0.0420 e. The Hall–Kier alpha value is -1.04. The van der Waals surface area contributed by atoms with Gasteiger partial charge < -0.3 is 0 Å². The molecule has 0 fully saturated rings. The first-order valence-corrected chi connectivity index (χ1v) is 4.43. The van der Waals surface area contributed by atoms with E-state index in [1.807, 2.05) is 6.08 Å². The van der Waals surface area contributed by atoms with Gasteiger partial charge >= 0.3 is 0 Å². The molecule has 1 heteroatoms. The highest BCUT2D eigenvalue weighted by Gasteiger charge is 1.87. The second kappa shape index (κ2) is 2.54. The van der Waals surface area contributed by atoms with Crippen molar-refractivity contribution in [2.45, 2.75) is 6.92 Å². The van der Waals surface area contributed by atoms with Gasteiger partial charge in [0.05, 0.1) is 0 Å². The standard InChI is InChI=1S/C10H8S/c1-8-2-4-9-6-7-11-10(9)5-3-8/h2-3,5-7H,1H3. The summed E-state index contributed by atoms with van der Waals surface area (Å²) in [6.45, 7) is 2.08. The van der Waals surface area contributed by atoms with E-state index in [0.717, 1.165) is 0 Å². The second-order valence-electron chi connectivity index (χ2n) is 2.56. The number of hydrogen-bond donors (Lipinski definition) is 0. The van der Waals surface area contributed by atoms with Crippen molar-refractivity contribution in [3.05, 3.63) is 38.9 Å². The zero-order valence-corrected chi connectivity index (χ0v) is 7.11. The van der Waals surface area contributed by atoms with Gasteiger partial charge in [-0.2, -0.15) is 0 Å². The molecule has 0 aromatic carbocycles. The van der Waals surface area contributed by atoms with Crippen LogP contribution >= 0.6 is 11.3 Å². The smallest absolute Gasteiger partial charge is 0.0420 e. The van der Waals surface area contributed by atoms with Crippen molar-refractivity contribution < 1.29 is 0 Å². The SMILES string of the molecule is CC1=CC=c2sccc2=C=C1. The van der Waals surface area contributed by atoms with Gasteiger partial charge in [-0.15, -0.1) is 17.1 Å². The monoisotopic (exact) mass is 160 g/mol. The Morgan fingerprint density at radius 1 is 1.36 bits per heavy atom. The topological polar surface area (TPSA) is 0 Å². The van der Waals surface area contributed by atoms with Crippen LogP contribution in [-0.2, 0) is 0 Å². The van der Waals surface area contributed by atoms with Crippen molar-refractivity contribution in [1.82, 2.24) is 0 Å². The summed E-state index contributed by atoms with van der Waals surface area (Å²) in [4.78, 5) is 0. The van der Waals surface area contributed by atoms with Crippen LogP contribution in [0.2, 0.25) is 0 Å². The summed E-state index contributed by atoms with van der Waals surface area (Å²) in [5.41, 5.74) is 4.50. The van der Waals surface area contributed by atoms with Crippen LogP contribution in [0.4, 0.5) is 0 Å². The number of hydrogen-bond acceptors (Lipinski definition) is 1. The van der Waals surface area contributed by atoms with E-state index >= 15 is 0 Å². The van der Waals surface area contributed by atoms with Crippen molar-refractivity contribution in [2.75, 3.05) is 0 Å². The summed E-state index contributed by atoms with van der Waals surface area (Å²) < 4.78 is 1.30. The summed E-state index contributed by atoms with van der Waals surface area (Å²) in [7, 11) is 0. The van der Waals surface area contributed by atoms with E-state index in [-0.39, 0.29) is 0 Å². The minimum atomic E-state index is 1.21. The normalized spacial score (nSPS) is 14.1. The van der Waals surface area contributed by atoms with Crippen LogP contribution in [0, 0.1) is 0 Å². The summed E-state index contributed by atoms with van der Waals surface area (Å²) in [5, 5.41) is 3.30. The third-order valence-corrected chi connectivity index (χ3v) is 2.53. The zero-order valence-electron chi connectivity index (χ0n) is 6.29. The first kappa shape index (κ1) is 6.66. The van der Waals surface area contributed by atoms with Gasteiger partial charge in [0.25, 0.3) is 0 Å². The van der Waals surface area contributed by atoms with Crippen LogP contribution in [0.15, 0.2) is 29.2 Å². The van der Waals surface area contributed by atoms with Crippen molar-refractivity contribution in [3.8, 4) is 0 Å². The van der Waals surface area contributed by atoms with Gasteiger partial charge in [0.2, 0.25) is 0 Å². The zero-order chi connectivity index (χ0) is 7.68. The Morgan fingerprint density at radius 2 is 2.27 bits per heavy atom. The van der Waals surface area contributed by atoms with Gasteiger partial charge in [0.1, 0.15) is 0 Å². The fraction of sp³-hybridized carbons (Fsp3) is 0.100. The van der Waals surface area contributed by atoms with Crippen LogP contribution in [0.25, 0.3) is 11.8 Å². The molecular weight excluding hydrogens is 152 g/mol. The molecular formula is C10H8S. The fourth-order valence-electron chi connectivity index (χ4n) is 1.02. The maximum absolute atomic E-state index is 3.24. The number of rotatable bonds is 0. The Balaban J connectivity index is 2.91. The Kier molecular flexibility index (Phi) is 1.54. The summed E-state index contributed by atoms with van der Waals surface area (Å²) in [5.74, 6) is 0. The second-order valence-corrected chi connectivity index (χ2v) is 3.51. The van der Waals surface area contributed by atoms with E-state index in [0.29, 0.717) is 0 Å². The Labute approximate surface area is 69.5 Å². The van der Waals surface area contributed by atoms with Crippen LogP contribution < -0.4 is 9.75 Å². The first-order chi connectivity index (χ1) is 5.36. The predicted octanol–water partition coefficient (Wildman–Crippen LogP) is 1.42.